The van der Waals surface area contributed by atoms with Gasteiger partial charge in [0.25, 0.3) is 0 Å². The number of nitrogens with one attached hydrogen (secondary N) is 2. The number of likely N-dealkylation sites (N-methyl/N-ethyl adjacent to an activating group) is 1. The second-order valence-electron chi connectivity index (χ2n) is 7.48. The molecule has 6 nitrogen and oxygen atoms in total. The molecule has 0 aliphatic rings. The molecule has 0 radical (unpaired) electrons. The Kier molecular flexibility index (Phi) is 10.8. The smallest absolute Gasteiger partial charge is 0.228 e. The molecule has 0 spiro atoms. The molecular weight excluding hydrogens is 320 g/mol. The minimum atomic E-state index is -0.668. The molecule has 0 bridgehead atoms. The van der Waals surface area contributed by atoms with Crippen molar-refractivity contribution in [2.75, 3.05) is 46.6 Å². The van der Waals surface area contributed by atoms with Gasteiger partial charge in [-0.15, -0.1) is 0 Å². The lowest BCUT2D eigenvalue weighted by molar-refractivity contribution is -0.159. The Bertz CT molecular complexity index is 376. The minimum absolute atomic E-state index is 0.00373. The van der Waals surface area contributed by atoms with Crippen LogP contribution >= 0.6 is 0 Å². The number of carbonyl (C=O) groups excluding carboxylic acids is 1. The van der Waals surface area contributed by atoms with Crippen LogP contribution in [0.15, 0.2) is 0 Å². The van der Waals surface area contributed by atoms with Crippen molar-refractivity contribution < 1.29 is 19.0 Å². The fourth-order valence-corrected chi connectivity index (χ4v) is 2.17. The molecule has 2 N–H and O–H groups in total. The van der Waals surface area contributed by atoms with Gasteiger partial charge < -0.3 is 24.8 Å². The molecule has 0 fully saturated rings. The number of carbonyl (C=O) groups is 1. The average Bonchev–Trinajstić information content (AvgIpc) is 2.59. The summed E-state index contributed by atoms with van der Waals surface area (Å²) in [6.07, 6.45) is 0.911. The molecule has 0 aliphatic heterocycles. The topological polar surface area (TPSA) is 68.8 Å². The van der Waals surface area contributed by atoms with Crippen LogP contribution in [0, 0.1) is 5.41 Å². The molecule has 0 heterocycles. The average molecular weight is 361 g/mol. The van der Waals surface area contributed by atoms with Crippen LogP contribution in [0.3, 0.4) is 0 Å². The fourth-order valence-electron chi connectivity index (χ4n) is 2.17. The first kappa shape index (κ1) is 24.3. The van der Waals surface area contributed by atoms with Crippen LogP contribution in [-0.2, 0) is 19.0 Å². The normalized spacial score (nSPS) is 13.1. The third-order valence-electron chi connectivity index (χ3n) is 5.01. The molecule has 1 amide bonds. The highest BCUT2D eigenvalue weighted by Crippen LogP contribution is 2.34. The van der Waals surface area contributed by atoms with Crippen LogP contribution in [0.5, 0.6) is 0 Å². The van der Waals surface area contributed by atoms with Crippen LogP contribution in [0.2, 0.25) is 0 Å². The van der Waals surface area contributed by atoms with Crippen molar-refractivity contribution in [2.24, 2.45) is 5.41 Å². The summed E-state index contributed by atoms with van der Waals surface area (Å²) in [6, 6.07) is 0. The van der Waals surface area contributed by atoms with Crippen LogP contribution in [0.25, 0.3) is 0 Å². The minimum Gasteiger partial charge on any atom is -0.380 e. The summed E-state index contributed by atoms with van der Waals surface area (Å²) in [4.78, 5) is 12.6. The molecule has 0 aromatic rings. The van der Waals surface area contributed by atoms with Gasteiger partial charge >= 0.3 is 0 Å². The molecule has 0 aromatic carbocycles. The van der Waals surface area contributed by atoms with Gasteiger partial charge in [0.15, 0.2) is 0 Å². The van der Waals surface area contributed by atoms with E-state index < -0.39 is 16.6 Å². The maximum absolute atomic E-state index is 12.6. The Labute approximate surface area is 154 Å². The van der Waals surface area contributed by atoms with E-state index in [4.69, 9.17) is 14.2 Å². The fraction of sp³-hybridized carbons (Fsp3) is 0.947. The molecule has 0 unspecified atom stereocenters. The molecular formula is C19H40N2O4. The lowest BCUT2D eigenvalue weighted by Gasteiger charge is -2.43. The zero-order valence-corrected chi connectivity index (χ0v) is 17.6. The van der Waals surface area contributed by atoms with E-state index >= 15 is 0 Å². The van der Waals surface area contributed by atoms with E-state index in [0.29, 0.717) is 39.6 Å². The van der Waals surface area contributed by atoms with Crippen molar-refractivity contribution >= 4 is 5.91 Å². The second kappa shape index (κ2) is 11.1. The van der Waals surface area contributed by atoms with Crippen LogP contribution in [-0.4, -0.2) is 63.7 Å². The van der Waals surface area contributed by atoms with Crippen molar-refractivity contribution in [1.82, 2.24) is 10.6 Å². The quantitative estimate of drug-likeness (QED) is 0.498. The van der Waals surface area contributed by atoms with Crippen molar-refractivity contribution in [3.8, 4) is 0 Å². The van der Waals surface area contributed by atoms with Gasteiger partial charge in [0.2, 0.25) is 5.91 Å². The predicted molar refractivity (Wildman–Crippen MR) is 102 cm³/mol. The van der Waals surface area contributed by atoms with Gasteiger partial charge in [-0.2, -0.15) is 0 Å². The van der Waals surface area contributed by atoms with E-state index in [2.05, 4.69) is 10.6 Å². The third-order valence-corrected chi connectivity index (χ3v) is 5.01. The first-order valence-corrected chi connectivity index (χ1v) is 9.39. The van der Waals surface area contributed by atoms with Crippen molar-refractivity contribution in [3.05, 3.63) is 0 Å². The number of hydrogen-bond donors (Lipinski definition) is 2. The lowest BCUT2D eigenvalue weighted by Crippen LogP contribution is -2.59. The lowest BCUT2D eigenvalue weighted by atomic mass is 9.76. The Morgan fingerprint density at radius 1 is 0.920 bits per heavy atom. The van der Waals surface area contributed by atoms with Gasteiger partial charge in [0.05, 0.1) is 36.4 Å². The predicted octanol–water partition coefficient (Wildman–Crippen LogP) is 2.37. The van der Waals surface area contributed by atoms with E-state index in [1.165, 1.54) is 0 Å². The van der Waals surface area contributed by atoms with Gasteiger partial charge in [-0.25, -0.2) is 0 Å². The van der Waals surface area contributed by atoms with Crippen LogP contribution < -0.4 is 10.6 Å². The van der Waals surface area contributed by atoms with E-state index in [1.54, 1.807) is 0 Å². The Morgan fingerprint density at radius 3 is 1.84 bits per heavy atom. The summed E-state index contributed by atoms with van der Waals surface area (Å²) in [5.74, 6) is 0.00373. The number of ether oxygens (including phenoxy) is 3. The monoisotopic (exact) mass is 360 g/mol. The van der Waals surface area contributed by atoms with Gasteiger partial charge in [0, 0.05) is 19.8 Å². The summed E-state index contributed by atoms with van der Waals surface area (Å²) >= 11 is 0. The van der Waals surface area contributed by atoms with Gasteiger partial charge in [0.1, 0.15) is 0 Å². The van der Waals surface area contributed by atoms with Gasteiger partial charge in [-0.3, -0.25) is 4.79 Å². The molecule has 0 saturated heterocycles. The summed E-state index contributed by atoms with van der Waals surface area (Å²) in [5.41, 5.74) is -1.76. The SMILES string of the molecule is CCCNC(=O)C(C)(C)C(C)(C)OCC(COCC)(COCC)NC. The van der Waals surface area contributed by atoms with E-state index in [-0.39, 0.29) is 5.91 Å². The number of amides is 1. The molecule has 6 heteroatoms. The van der Waals surface area contributed by atoms with Crippen LogP contribution in [0.4, 0.5) is 0 Å². The molecule has 0 aromatic heterocycles. The first-order chi connectivity index (χ1) is 11.6. The zero-order valence-electron chi connectivity index (χ0n) is 17.6. The molecule has 0 saturated carbocycles. The Hall–Kier alpha value is -0.690. The molecule has 0 aliphatic carbocycles. The molecule has 0 rings (SSSR count). The molecule has 0 atom stereocenters. The summed E-state index contributed by atoms with van der Waals surface area (Å²) in [5, 5.41) is 6.27. The van der Waals surface area contributed by atoms with E-state index in [9.17, 15) is 4.79 Å². The van der Waals surface area contributed by atoms with Gasteiger partial charge in [-0.1, -0.05) is 6.92 Å². The van der Waals surface area contributed by atoms with Crippen molar-refractivity contribution in [3.63, 3.8) is 0 Å². The highest BCUT2D eigenvalue weighted by molar-refractivity contribution is 5.83. The molecule has 150 valence electrons. The zero-order chi connectivity index (χ0) is 19.6. The first-order valence-electron chi connectivity index (χ1n) is 9.39. The summed E-state index contributed by atoms with van der Waals surface area (Å²) in [7, 11) is 1.88. The third kappa shape index (κ3) is 7.21. The van der Waals surface area contributed by atoms with Crippen molar-refractivity contribution in [1.29, 1.82) is 0 Å². The van der Waals surface area contributed by atoms with Gasteiger partial charge in [-0.05, 0) is 55.0 Å². The maximum Gasteiger partial charge on any atom is 0.228 e. The van der Waals surface area contributed by atoms with E-state index in [1.807, 2.05) is 55.5 Å². The highest BCUT2D eigenvalue weighted by atomic mass is 16.5. The number of rotatable bonds is 14. The van der Waals surface area contributed by atoms with Crippen LogP contribution in [0.1, 0.15) is 54.9 Å². The van der Waals surface area contributed by atoms with Crippen molar-refractivity contribution in [2.45, 2.75) is 66.0 Å². The second-order valence-corrected chi connectivity index (χ2v) is 7.48. The molecule has 25 heavy (non-hydrogen) atoms. The Morgan fingerprint density at radius 2 is 1.44 bits per heavy atom. The largest absolute Gasteiger partial charge is 0.380 e. The summed E-state index contributed by atoms with van der Waals surface area (Å²) < 4.78 is 17.5. The summed E-state index contributed by atoms with van der Waals surface area (Å²) in [6.45, 7) is 17.0. The maximum atomic E-state index is 12.6. The van der Waals surface area contributed by atoms with E-state index in [0.717, 1.165) is 6.42 Å². The highest BCUT2D eigenvalue weighted by Gasteiger charge is 2.45. The standard InChI is InChI=1S/C19H40N2O4/c1-9-12-21-16(22)17(4,5)18(6,7)25-15-19(20-8,13-23-10-2)14-24-11-3/h20H,9-15H2,1-8H3,(H,21,22). The Balaban J connectivity index is 5.10. The number of hydrogen-bond acceptors (Lipinski definition) is 5.